The summed E-state index contributed by atoms with van der Waals surface area (Å²) < 4.78 is 6.29. The molecule has 21 heavy (non-hydrogen) atoms. The first-order chi connectivity index (χ1) is 10.0. The lowest BCUT2D eigenvalue weighted by Crippen LogP contribution is -2.27. The van der Waals surface area contributed by atoms with E-state index in [0.717, 1.165) is 4.68 Å². The molecule has 0 saturated heterocycles. The molecular formula is C13H14N4O4. The summed E-state index contributed by atoms with van der Waals surface area (Å²) in [4.78, 5) is 24.3. The van der Waals surface area contributed by atoms with Crippen molar-refractivity contribution in [3.05, 3.63) is 36.2 Å². The van der Waals surface area contributed by atoms with Crippen LogP contribution in [0.1, 0.15) is 10.5 Å². The Morgan fingerprint density at radius 1 is 1.38 bits per heavy atom. The highest BCUT2D eigenvalue weighted by Gasteiger charge is 2.20. The minimum absolute atomic E-state index is 0.0599. The molecule has 0 saturated carbocycles. The summed E-state index contributed by atoms with van der Waals surface area (Å²) in [6.07, 6.45) is 1.29. The van der Waals surface area contributed by atoms with Gasteiger partial charge in [-0.3, -0.25) is 9.59 Å². The number of carboxylic acids is 1. The van der Waals surface area contributed by atoms with Crippen LogP contribution in [0.15, 0.2) is 30.5 Å². The largest absolute Gasteiger partial charge is 0.495 e. The van der Waals surface area contributed by atoms with Crippen LogP contribution in [0, 0.1) is 0 Å². The van der Waals surface area contributed by atoms with E-state index in [4.69, 9.17) is 9.84 Å². The molecule has 0 aliphatic carbocycles. The van der Waals surface area contributed by atoms with Crippen molar-refractivity contribution in [1.82, 2.24) is 15.0 Å². The number of aliphatic carboxylic acids is 1. The van der Waals surface area contributed by atoms with Crippen molar-refractivity contribution in [1.29, 1.82) is 0 Å². The highest BCUT2D eigenvalue weighted by molar-refractivity contribution is 6.05. The number of hydrogen-bond donors (Lipinski definition) is 1. The van der Waals surface area contributed by atoms with Crippen LogP contribution < -0.4 is 9.64 Å². The van der Waals surface area contributed by atoms with Crippen LogP contribution in [0.5, 0.6) is 5.75 Å². The number of benzene rings is 1. The Morgan fingerprint density at radius 2 is 2.10 bits per heavy atom. The highest BCUT2D eigenvalue weighted by Crippen LogP contribution is 2.27. The van der Waals surface area contributed by atoms with Crippen molar-refractivity contribution >= 4 is 17.6 Å². The number of ether oxygens (including phenoxy) is 1. The Hall–Kier alpha value is -2.90. The van der Waals surface area contributed by atoms with Crippen LogP contribution in [0.4, 0.5) is 5.69 Å². The first kappa shape index (κ1) is 14.5. The lowest BCUT2D eigenvalue weighted by molar-refractivity contribution is -0.137. The average Bonchev–Trinajstić information content (AvgIpc) is 2.93. The monoisotopic (exact) mass is 290 g/mol. The van der Waals surface area contributed by atoms with Gasteiger partial charge >= 0.3 is 5.97 Å². The minimum atomic E-state index is -1.06. The van der Waals surface area contributed by atoms with Gasteiger partial charge in [0, 0.05) is 7.05 Å². The van der Waals surface area contributed by atoms with Gasteiger partial charge in [0.25, 0.3) is 5.91 Å². The van der Waals surface area contributed by atoms with E-state index in [1.165, 1.54) is 18.2 Å². The molecule has 110 valence electrons. The van der Waals surface area contributed by atoms with Gasteiger partial charge in [0.1, 0.15) is 12.3 Å². The quantitative estimate of drug-likeness (QED) is 0.868. The van der Waals surface area contributed by atoms with Crippen molar-refractivity contribution in [2.45, 2.75) is 6.54 Å². The van der Waals surface area contributed by atoms with Crippen molar-refractivity contribution in [3.63, 3.8) is 0 Å². The molecule has 0 aliphatic heterocycles. The van der Waals surface area contributed by atoms with Gasteiger partial charge < -0.3 is 14.7 Å². The Bertz CT molecular complexity index is 668. The molecule has 0 unspecified atom stereocenters. The summed E-state index contributed by atoms with van der Waals surface area (Å²) in [7, 11) is 3.09. The van der Waals surface area contributed by atoms with Gasteiger partial charge in [0.15, 0.2) is 5.69 Å². The number of nitrogens with zero attached hydrogens (tertiary/aromatic N) is 4. The predicted molar refractivity (Wildman–Crippen MR) is 73.4 cm³/mol. The first-order valence-electron chi connectivity index (χ1n) is 6.06. The second kappa shape index (κ2) is 6.04. The molecule has 0 aliphatic rings. The molecule has 0 spiro atoms. The number of anilines is 1. The van der Waals surface area contributed by atoms with E-state index < -0.39 is 11.9 Å². The van der Waals surface area contributed by atoms with Crippen LogP contribution in [-0.4, -0.2) is 46.1 Å². The lowest BCUT2D eigenvalue weighted by Gasteiger charge is -2.18. The van der Waals surface area contributed by atoms with E-state index in [9.17, 15) is 9.59 Å². The zero-order chi connectivity index (χ0) is 15.4. The highest BCUT2D eigenvalue weighted by atomic mass is 16.5. The summed E-state index contributed by atoms with van der Waals surface area (Å²) in [5, 5.41) is 16.0. The number of carboxylic acid groups (broad SMARTS) is 1. The predicted octanol–water partition coefficient (Wildman–Crippen LogP) is 0.648. The summed E-state index contributed by atoms with van der Waals surface area (Å²) in [5.41, 5.74) is 0.641. The van der Waals surface area contributed by atoms with Gasteiger partial charge in [0.2, 0.25) is 0 Å². The summed E-state index contributed by atoms with van der Waals surface area (Å²) in [5.74, 6) is -0.917. The molecule has 8 nitrogen and oxygen atoms in total. The smallest absolute Gasteiger partial charge is 0.325 e. The van der Waals surface area contributed by atoms with E-state index in [0.29, 0.717) is 11.4 Å². The molecule has 1 aromatic carbocycles. The average molecular weight is 290 g/mol. The van der Waals surface area contributed by atoms with Crippen LogP contribution in [0.25, 0.3) is 0 Å². The van der Waals surface area contributed by atoms with Gasteiger partial charge in [-0.1, -0.05) is 17.3 Å². The zero-order valence-corrected chi connectivity index (χ0v) is 11.6. The standard InChI is InChI=1S/C13H14N4O4/c1-16(10-5-3-4-6-11(10)21-2)13(20)9-7-17(15-14-9)8-12(18)19/h3-7H,8H2,1-2H3,(H,18,19). The zero-order valence-electron chi connectivity index (χ0n) is 11.6. The van der Waals surface area contributed by atoms with Gasteiger partial charge in [-0.05, 0) is 12.1 Å². The second-order valence-corrected chi connectivity index (χ2v) is 4.23. The molecule has 2 rings (SSSR count). The van der Waals surface area contributed by atoms with E-state index in [-0.39, 0.29) is 12.2 Å². The van der Waals surface area contributed by atoms with Gasteiger partial charge in [-0.25, -0.2) is 4.68 Å². The van der Waals surface area contributed by atoms with Gasteiger partial charge in [-0.2, -0.15) is 0 Å². The fourth-order valence-electron chi connectivity index (χ4n) is 1.80. The lowest BCUT2D eigenvalue weighted by atomic mass is 10.2. The van der Waals surface area contributed by atoms with Crippen molar-refractivity contribution in [2.24, 2.45) is 0 Å². The summed E-state index contributed by atoms with van der Waals surface area (Å²) in [6.45, 7) is -0.349. The first-order valence-corrected chi connectivity index (χ1v) is 6.06. The fourth-order valence-corrected chi connectivity index (χ4v) is 1.80. The molecule has 1 N–H and O–H groups in total. The molecule has 2 aromatic rings. The second-order valence-electron chi connectivity index (χ2n) is 4.23. The molecular weight excluding hydrogens is 276 g/mol. The number of carbonyl (C=O) groups excluding carboxylic acids is 1. The van der Waals surface area contributed by atoms with Gasteiger partial charge in [-0.15, -0.1) is 5.10 Å². The van der Waals surface area contributed by atoms with Crippen molar-refractivity contribution in [3.8, 4) is 5.75 Å². The van der Waals surface area contributed by atoms with Crippen LogP contribution >= 0.6 is 0 Å². The maximum atomic E-state index is 12.3. The molecule has 0 atom stereocenters. The molecule has 1 aromatic heterocycles. The van der Waals surface area contributed by atoms with E-state index in [1.54, 1.807) is 31.3 Å². The molecule has 0 radical (unpaired) electrons. The Morgan fingerprint density at radius 3 is 2.76 bits per heavy atom. The van der Waals surface area contributed by atoms with E-state index in [1.807, 2.05) is 0 Å². The van der Waals surface area contributed by atoms with E-state index in [2.05, 4.69) is 10.3 Å². The van der Waals surface area contributed by atoms with Gasteiger partial charge in [0.05, 0.1) is 19.0 Å². The molecule has 1 heterocycles. The van der Waals surface area contributed by atoms with Crippen LogP contribution in [0.2, 0.25) is 0 Å². The molecule has 0 fully saturated rings. The molecule has 0 bridgehead atoms. The number of para-hydroxylation sites is 2. The third-order valence-electron chi connectivity index (χ3n) is 2.81. The summed E-state index contributed by atoms with van der Waals surface area (Å²) >= 11 is 0. The Labute approximate surface area is 120 Å². The normalized spacial score (nSPS) is 10.2. The molecule has 8 heteroatoms. The number of aromatic nitrogens is 3. The maximum Gasteiger partial charge on any atom is 0.325 e. The number of carbonyl (C=O) groups is 2. The third kappa shape index (κ3) is 3.16. The van der Waals surface area contributed by atoms with Crippen molar-refractivity contribution in [2.75, 3.05) is 19.1 Å². The Kier molecular flexibility index (Phi) is 4.17. The number of rotatable bonds is 5. The third-order valence-corrected chi connectivity index (χ3v) is 2.81. The maximum absolute atomic E-state index is 12.3. The molecule has 1 amide bonds. The van der Waals surface area contributed by atoms with Crippen molar-refractivity contribution < 1.29 is 19.4 Å². The number of hydrogen-bond acceptors (Lipinski definition) is 5. The summed E-state index contributed by atoms with van der Waals surface area (Å²) in [6, 6.07) is 7.05. The van der Waals surface area contributed by atoms with Crippen LogP contribution in [0.3, 0.4) is 0 Å². The fraction of sp³-hybridized carbons (Fsp3) is 0.231. The minimum Gasteiger partial charge on any atom is -0.495 e. The number of methoxy groups -OCH3 is 1. The van der Waals surface area contributed by atoms with Crippen LogP contribution in [-0.2, 0) is 11.3 Å². The SMILES string of the molecule is COc1ccccc1N(C)C(=O)c1cn(CC(=O)O)nn1. The Balaban J connectivity index is 2.22. The topological polar surface area (TPSA) is 97.5 Å². The van der Waals surface area contributed by atoms with E-state index >= 15 is 0 Å². The number of amides is 1.